The van der Waals surface area contributed by atoms with Crippen molar-refractivity contribution in [3.63, 3.8) is 0 Å². The fraction of sp³-hybridized carbons (Fsp3) is 0.357. The van der Waals surface area contributed by atoms with E-state index in [1.54, 1.807) is 39.0 Å². The summed E-state index contributed by atoms with van der Waals surface area (Å²) in [5, 5.41) is 2.86. The first-order valence-corrected chi connectivity index (χ1v) is 12.3. The standard InChI is InChI=1S/C28H28F3N3O4/c1-4-37-26(36)27(2,3)38-21-7-5-6-17(14-21)15-33-25(35)22-16-32-24(34-23(22)18-8-9-18)19-10-12-20(13-11-19)28(29,30)31/h5-7,10-14,16,18H,4,8-9,15H2,1-3H3,(H,33,35). The molecular formula is C28H28F3N3O4. The Morgan fingerprint density at radius 1 is 1.08 bits per heavy atom. The molecule has 4 rings (SSSR count). The molecule has 1 fully saturated rings. The Morgan fingerprint density at radius 2 is 1.79 bits per heavy atom. The fourth-order valence-corrected chi connectivity index (χ4v) is 3.82. The van der Waals surface area contributed by atoms with E-state index in [4.69, 9.17) is 9.47 Å². The molecule has 200 valence electrons. The topological polar surface area (TPSA) is 90.4 Å². The van der Waals surface area contributed by atoms with Crippen LogP contribution < -0.4 is 10.1 Å². The first kappa shape index (κ1) is 27.1. The van der Waals surface area contributed by atoms with Crippen molar-refractivity contribution < 1.29 is 32.2 Å². The van der Waals surface area contributed by atoms with Crippen molar-refractivity contribution in [2.75, 3.05) is 6.61 Å². The maximum Gasteiger partial charge on any atom is 0.416 e. The van der Waals surface area contributed by atoms with Gasteiger partial charge < -0.3 is 14.8 Å². The van der Waals surface area contributed by atoms with E-state index in [9.17, 15) is 22.8 Å². The fourth-order valence-electron chi connectivity index (χ4n) is 3.82. The number of carbonyl (C=O) groups is 2. The molecule has 1 N–H and O–H groups in total. The summed E-state index contributed by atoms with van der Waals surface area (Å²) in [7, 11) is 0. The number of ether oxygens (including phenoxy) is 2. The minimum absolute atomic E-state index is 0.105. The van der Waals surface area contributed by atoms with Crippen LogP contribution in [-0.4, -0.2) is 34.1 Å². The van der Waals surface area contributed by atoms with Gasteiger partial charge in [0.1, 0.15) is 5.75 Å². The average Bonchev–Trinajstić information content (AvgIpc) is 3.72. The lowest BCUT2D eigenvalue weighted by Gasteiger charge is -2.24. The summed E-state index contributed by atoms with van der Waals surface area (Å²) < 4.78 is 49.5. The second-order valence-electron chi connectivity index (χ2n) is 9.50. The molecule has 1 aliphatic carbocycles. The molecule has 7 nitrogen and oxygen atoms in total. The van der Waals surface area contributed by atoms with Gasteiger partial charge in [-0.25, -0.2) is 14.8 Å². The number of hydrogen-bond acceptors (Lipinski definition) is 6. The van der Waals surface area contributed by atoms with Crippen molar-refractivity contribution in [3.8, 4) is 17.1 Å². The third-order valence-corrected chi connectivity index (χ3v) is 5.99. The minimum atomic E-state index is -4.43. The van der Waals surface area contributed by atoms with Crippen LogP contribution >= 0.6 is 0 Å². The molecule has 38 heavy (non-hydrogen) atoms. The Balaban J connectivity index is 1.46. The molecule has 1 aromatic heterocycles. The number of rotatable bonds is 9. The zero-order valence-corrected chi connectivity index (χ0v) is 21.3. The highest BCUT2D eigenvalue weighted by molar-refractivity contribution is 5.95. The molecule has 0 bridgehead atoms. The predicted molar refractivity (Wildman–Crippen MR) is 133 cm³/mol. The van der Waals surface area contributed by atoms with Crippen LogP contribution in [0.1, 0.15) is 66.7 Å². The molecule has 0 radical (unpaired) electrons. The Labute approximate surface area is 218 Å². The predicted octanol–water partition coefficient (Wildman–Crippen LogP) is 5.69. The van der Waals surface area contributed by atoms with Crippen molar-refractivity contribution in [1.29, 1.82) is 0 Å². The maximum atomic E-state index is 13.0. The number of hydrogen-bond donors (Lipinski definition) is 1. The van der Waals surface area contributed by atoms with Crippen molar-refractivity contribution >= 4 is 11.9 Å². The maximum absolute atomic E-state index is 13.0. The largest absolute Gasteiger partial charge is 0.476 e. The molecule has 0 atom stereocenters. The van der Waals surface area contributed by atoms with E-state index >= 15 is 0 Å². The van der Waals surface area contributed by atoms with Crippen LogP contribution in [0.3, 0.4) is 0 Å². The number of carbonyl (C=O) groups excluding carboxylic acids is 2. The molecule has 1 aliphatic rings. The quantitative estimate of drug-likeness (QED) is 0.360. The lowest BCUT2D eigenvalue weighted by molar-refractivity contribution is -0.158. The SMILES string of the molecule is CCOC(=O)C(C)(C)Oc1cccc(CNC(=O)c2cnc(-c3ccc(C(F)(F)F)cc3)nc2C2CC2)c1. The van der Waals surface area contributed by atoms with Crippen molar-refractivity contribution in [2.24, 2.45) is 0 Å². The van der Waals surface area contributed by atoms with Crippen LogP contribution in [-0.2, 0) is 22.3 Å². The van der Waals surface area contributed by atoms with Crippen LogP contribution in [0.4, 0.5) is 13.2 Å². The van der Waals surface area contributed by atoms with Crippen LogP contribution in [0.25, 0.3) is 11.4 Å². The summed E-state index contributed by atoms with van der Waals surface area (Å²) in [4.78, 5) is 34.0. The number of nitrogens with zero attached hydrogens (tertiary/aromatic N) is 2. The normalized spacial score (nSPS) is 13.6. The molecule has 0 unspecified atom stereocenters. The molecule has 1 saturated carbocycles. The van der Waals surface area contributed by atoms with Crippen LogP contribution in [0.2, 0.25) is 0 Å². The number of amides is 1. The number of alkyl halides is 3. The summed E-state index contributed by atoms with van der Waals surface area (Å²) in [6.07, 6.45) is -1.26. The van der Waals surface area contributed by atoms with E-state index in [0.29, 0.717) is 22.6 Å². The Kier molecular flexibility index (Phi) is 7.71. The van der Waals surface area contributed by atoms with Crippen molar-refractivity contribution in [3.05, 3.63) is 77.1 Å². The molecule has 1 heterocycles. The van der Waals surface area contributed by atoms with Gasteiger partial charge in [-0.2, -0.15) is 13.2 Å². The Bertz CT molecular complexity index is 1320. The van der Waals surface area contributed by atoms with Gasteiger partial charge in [-0.3, -0.25) is 4.79 Å². The van der Waals surface area contributed by atoms with Gasteiger partial charge in [0, 0.05) is 24.2 Å². The van der Waals surface area contributed by atoms with Crippen molar-refractivity contribution in [1.82, 2.24) is 15.3 Å². The van der Waals surface area contributed by atoms with Gasteiger partial charge in [0.15, 0.2) is 11.4 Å². The molecule has 2 aromatic carbocycles. The second-order valence-corrected chi connectivity index (χ2v) is 9.50. The highest BCUT2D eigenvalue weighted by atomic mass is 19.4. The van der Waals surface area contributed by atoms with Gasteiger partial charge in [0.2, 0.25) is 0 Å². The van der Waals surface area contributed by atoms with E-state index in [2.05, 4.69) is 15.3 Å². The highest BCUT2D eigenvalue weighted by Gasteiger charge is 2.33. The van der Waals surface area contributed by atoms with E-state index < -0.39 is 23.3 Å². The first-order chi connectivity index (χ1) is 18.0. The monoisotopic (exact) mass is 527 g/mol. The van der Waals surface area contributed by atoms with Gasteiger partial charge in [0.05, 0.1) is 23.4 Å². The van der Waals surface area contributed by atoms with E-state index in [-0.39, 0.29) is 30.8 Å². The number of aromatic nitrogens is 2. The van der Waals surface area contributed by atoms with E-state index in [1.165, 1.54) is 18.3 Å². The summed E-state index contributed by atoms with van der Waals surface area (Å²) in [6.45, 7) is 5.40. The van der Waals surface area contributed by atoms with Crippen LogP contribution in [0.15, 0.2) is 54.7 Å². The highest BCUT2D eigenvalue weighted by Crippen LogP contribution is 2.41. The molecule has 3 aromatic rings. The van der Waals surface area contributed by atoms with E-state index in [1.807, 2.05) is 6.07 Å². The lowest BCUT2D eigenvalue weighted by atomic mass is 10.1. The zero-order chi connectivity index (χ0) is 27.5. The summed E-state index contributed by atoms with van der Waals surface area (Å²) in [5.74, 6) is -0.00665. The number of nitrogens with one attached hydrogen (secondary N) is 1. The average molecular weight is 528 g/mol. The lowest BCUT2D eigenvalue weighted by Crippen LogP contribution is -2.39. The van der Waals surface area contributed by atoms with Gasteiger partial charge >= 0.3 is 12.1 Å². The molecule has 0 saturated heterocycles. The minimum Gasteiger partial charge on any atom is -0.476 e. The molecular weight excluding hydrogens is 499 g/mol. The number of benzene rings is 2. The molecule has 0 aliphatic heterocycles. The smallest absolute Gasteiger partial charge is 0.416 e. The van der Waals surface area contributed by atoms with Crippen molar-refractivity contribution in [2.45, 2.75) is 57.9 Å². The van der Waals surface area contributed by atoms with E-state index in [0.717, 1.165) is 30.5 Å². The first-order valence-electron chi connectivity index (χ1n) is 12.3. The third kappa shape index (κ3) is 6.48. The van der Waals surface area contributed by atoms with Gasteiger partial charge in [-0.05, 0) is 63.4 Å². The Hall–Kier alpha value is -3.95. The van der Waals surface area contributed by atoms with Gasteiger partial charge in [-0.15, -0.1) is 0 Å². The van der Waals surface area contributed by atoms with Crippen LogP contribution in [0.5, 0.6) is 5.75 Å². The summed E-state index contributed by atoms with van der Waals surface area (Å²) in [5.41, 5.74) is 0.182. The van der Waals surface area contributed by atoms with Crippen LogP contribution in [0, 0.1) is 0 Å². The van der Waals surface area contributed by atoms with Gasteiger partial charge in [0.25, 0.3) is 5.91 Å². The molecule has 10 heteroatoms. The number of esters is 1. The Morgan fingerprint density at radius 3 is 2.42 bits per heavy atom. The molecule has 1 amide bonds. The third-order valence-electron chi connectivity index (χ3n) is 5.99. The zero-order valence-electron chi connectivity index (χ0n) is 21.3. The summed E-state index contributed by atoms with van der Waals surface area (Å²) in [6, 6.07) is 11.6. The van der Waals surface area contributed by atoms with Gasteiger partial charge in [-0.1, -0.05) is 24.3 Å². The summed E-state index contributed by atoms with van der Waals surface area (Å²) >= 11 is 0. The molecule has 0 spiro atoms. The number of halogens is 3. The second kappa shape index (κ2) is 10.8.